The van der Waals surface area contributed by atoms with Crippen LogP contribution in [0.4, 0.5) is 0 Å². The predicted octanol–water partition coefficient (Wildman–Crippen LogP) is 3.42. The second-order valence-electron chi connectivity index (χ2n) is 3.72. The molecule has 1 amide bonds. The number of halogens is 1. The lowest BCUT2D eigenvalue weighted by molar-refractivity contribution is 0.0935. The molecular formula is C13H12ClNO2. The van der Waals surface area contributed by atoms with Gasteiger partial charge in [0.15, 0.2) is 0 Å². The second-order valence-corrected chi connectivity index (χ2v) is 4.16. The van der Waals surface area contributed by atoms with Gasteiger partial charge < -0.3 is 9.73 Å². The van der Waals surface area contributed by atoms with Gasteiger partial charge in [-0.05, 0) is 37.3 Å². The number of nitrogens with one attached hydrogen (secondary N) is 1. The summed E-state index contributed by atoms with van der Waals surface area (Å²) < 4.78 is 5.21. The molecule has 1 N–H and O–H groups in total. The van der Waals surface area contributed by atoms with Crippen LogP contribution in [0.25, 0.3) is 0 Å². The molecule has 88 valence electrons. The molecule has 0 fully saturated rings. The Morgan fingerprint density at radius 3 is 2.82 bits per heavy atom. The molecule has 2 rings (SSSR count). The highest BCUT2D eigenvalue weighted by Gasteiger charge is 2.13. The molecule has 1 unspecified atom stereocenters. The van der Waals surface area contributed by atoms with Gasteiger partial charge in [-0.15, -0.1) is 0 Å². The Kier molecular flexibility index (Phi) is 3.49. The van der Waals surface area contributed by atoms with Crippen LogP contribution in [0.5, 0.6) is 0 Å². The molecule has 1 heterocycles. The van der Waals surface area contributed by atoms with Gasteiger partial charge in [0.05, 0.1) is 12.3 Å². The van der Waals surface area contributed by atoms with Crippen molar-refractivity contribution in [3.8, 4) is 0 Å². The van der Waals surface area contributed by atoms with E-state index in [4.69, 9.17) is 16.0 Å². The lowest BCUT2D eigenvalue weighted by Crippen LogP contribution is -2.26. The minimum absolute atomic E-state index is 0.170. The molecule has 0 aliphatic rings. The summed E-state index contributed by atoms with van der Waals surface area (Å²) in [5.74, 6) is 0.553. The third kappa shape index (κ3) is 2.88. The summed E-state index contributed by atoms with van der Waals surface area (Å²) in [5.41, 5.74) is 0.538. The Labute approximate surface area is 104 Å². The molecule has 0 aliphatic carbocycles. The zero-order valence-corrected chi connectivity index (χ0v) is 10.1. The fraction of sp³-hybridized carbons (Fsp3) is 0.154. The summed E-state index contributed by atoms with van der Waals surface area (Å²) in [6.07, 6.45) is 1.58. The van der Waals surface area contributed by atoms with Crippen LogP contribution in [-0.2, 0) is 0 Å². The van der Waals surface area contributed by atoms with Crippen LogP contribution < -0.4 is 5.32 Å². The van der Waals surface area contributed by atoms with Crippen molar-refractivity contribution in [3.63, 3.8) is 0 Å². The van der Waals surface area contributed by atoms with Crippen molar-refractivity contribution in [2.24, 2.45) is 0 Å². The number of furan rings is 1. The van der Waals surface area contributed by atoms with Gasteiger partial charge in [-0.2, -0.15) is 0 Å². The number of hydrogen-bond acceptors (Lipinski definition) is 2. The molecule has 1 aromatic heterocycles. The van der Waals surface area contributed by atoms with Crippen molar-refractivity contribution >= 4 is 17.5 Å². The molecule has 0 spiro atoms. The van der Waals surface area contributed by atoms with E-state index in [2.05, 4.69) is 5.32 Å². The number of amides is 1. The summed E-state index contributed by atoms with van der Waals surface area (Å²) in [7, 11) is 0. The maximum atomic E-state index is 11.9. The smallest absolute Gasteiger partial charge is 0.251 e. The van der Waals surface area contributed by atoms with E-state index in [0.717, 1.165) is 5.76 Å². The van der Waals surface area contributed by atoms with Crippen molar-refractivity contribution in [2.45, 2.75) is 13.0 Å². The highest BCUT2D eigenvalue weighted by molar-refractivity contribution is 6.30. The molecular weight excluding hydrogens is 238 g/mol. The molecule has 0 saturated carbocycles. The van der Waals surface area contributed by atoms with E-state index in [1.54, 1.807) is 36.6 Å². The minimum atomic E-state index is -0.170. The molecule has 2 aromatic rings. The molecule has 4 heteroatoms. The van der Waals surface area contributed by atoms with Crippen molar-refractivity contribution in [2.75, 3.05) is 0 Å². The van der Waals surface area contributed by atoms with E-state index in [1.165, 1.54) is 0 Å². The summed E-state index contributed by atoms with van der Waals surface area (Å²) in [4.78, 5) is 11.9. The first-order chi connectivity index (χ1) is 8.16. The van der Waals surface area contributed by atoms with Gasteiger partial charge in [-0.1, -0.05) is 17.7 Å². The summed E-state index contributed by atoms with van der Waals surface area (Å²) in [6.45, 7) is 1.86. The normalized spacial score (nSPS) is 12.1. The number of rotatable bonds is 3. The summed E-state index contributed by atoms with van der Waals surface area (Å²) in [5, 5.41) is 3.38. The van der Waals surface area contributed by atoms with E-state index < -0.39 is 0 Å². The molecule has 0 radical (unpaired) electrons. The lowest BCUT2D eigenvalue weighted by Gasteiger charge is -2.11. The Morgan fingerprint density at radius 1 is 1.35 bits per heavy atom. The topological polar surface area (TPSA) is 42.2 Å². The average Bonchev–Trinajstić information content (AvgIpc) is 2.82. The molecule has 0 aliphatic heterocycles. The molecule has 1 atom stereocenters. The van der Waals surface area contributed by atoms with Gasteiger partial charge in [-0.3, -0.25) is 4.79 Å². The Bertz CT molecular complexity index is 508. The van der Waals surface area contributed by atoms with E-state index >= 15 is 0 Å². The standard InChI is InChI=1S/C13H12ClNO2/c1-9(12-6-3-7-17-12)15-13(16)10-4-2-5-11(14)8-10/h2-9H,1H3,(H,15,16). The molecule has 3 nitrogen and oxygen atoms in total. The van der Waals surface area contributed by atoms with Crippen molar-refractivity contribution < 1.29 is 9.21 Å². The number of carbonyl (C=O) groups excluding carboxylic acids is 1. The van der Waals surface area contributed by atoms with Crippen LogP contribution in [0, 0.1) is 0 Å². The molecule has 0 saturated heterocycles. The second kappa shape index (κ2) is 5.06. The summed E-state index contributed by atoms with van der Waals surface area (Å²) in [6, 6.07) is 10.3. The quantitative estimate of drug-likeness (QED) is 0.906. The average molecular weight is 250 g/mol. The van der Waals surface area contributed by atoms with Crippen LogP contribution in [0.3, 0.4) is 0 Å². The van der Waals surface area contributed by atoms with Gasteiger partial charge in [0.25, 0.3) is 5.91 Å². The van der Waals surface area contributed by atoms with Gasteiger partial charge in [0.1, 0.15) is 5.76 Å². The van der Waals surface area contributed by atoms with Gasteiger partial charge in [-0.25, -0.2) is 0 Å². The summed E-state index contributed by atoms with van der Waals surface area (Å²) >= 11 is 5.83. The highest BCUT2D eigenvalue weighted by atomic mass is 35.5. The van der Waals surface area contributed by atoms with E-state index in [9.17, 15) is 4.79 Å². The Balaban J connectivity index is 2.07. The van der Waals surface area contributed by atoms with Crippen LogP contribution in [0.15, 0.2) is 47.1 Å². The van der Waals surface area contributed by atoms with Gasteiger partial charge in [0, 0.05) is 10.6 Å². The maximum absolute atomic E-state index is 11.9. The minimum Gasteiger partial charge on any atom is -0.467 e. The third-order valence-electron chi connectivity index (χ3n) is 2.40. The predicted molar refractivity (Wildman–Crippen MR) is 66.0 cm³/mol. The molecule has 17 heavy (non-hydrogen) atoms. The van der Waals surface area contributed by atoms with Crippen LogP contribution >= 0.6 is 11.6 Å². The largest absolute Gasteiger partial charge is 0.467 e. The lowest BCUT2D eigenvalue weighted by atomic mass is 10.2. The van der Waals surface area contributed by atoms with E-state index in [0.29, 0.717) is 10.6 Å². The van der Waals surface area contributed by atoms with Gasteiger partial charge in [0.2, 0.25) is 0 Å². The SMILES string of the molecule is CC(NC(=O)c1cccc(Cl)c1)c1ccco1. The zero-order chi connectivity index (χ0) is 12.3. The number of hydrogen-bond donors (Lipinski definition) is 1. The van der Waals surface area contributed by atoms with Gasteiger partial charge >= 0.3 is 0 Å². The number of carbonyl (C=O) groups is 1. The Hall–Kier alpha value is -1.74. The van der Waals surface area contributed by atoms with E-state index in [-0.39, 0.29) is 11.9 Å². The van der Waals surface area contributed by atoms with Crippen molar-refractivity contribution in [1.82, 2.24) is 5.32 Å². The van der Waals surface area contributed by atoms with Crippen molar-refractivity contribution in [3.05, 3.63) is 59.0 Å². The van der Waals surface area contributed by atoms with Crippen LogP contribution in [0.1, 0.15) is 29.1 Å². The van der Waals surface area contributed by atoms with Crippen LogP contribution in [-0.4, -0.2) is 5.91 Å². The maximum Gasteiger partial charge on any atom is 0.251 e. The first-order valence-corrected chi connectivity index (χ1v) is 5.64. The van der Waals surface area contributed by atoms with E-state index in [1.807, 2.05) is 13.0 Å². The fourth-order valence-electron chi connectivity index (χ4n) is 1.52. The zero-order valence-electron chi connectivity index (χ0n) is 9.31. The first kappa shape index (κ1) is 11.7. The fourth-order valence-corrected chi connectivity index (χ4v) is 1.71. The highest BCUT2D eigenvalue weighted by Crippen LogP contribution is 2.15. The number of benzene rings is 1. The molecule has 0 bridgehead atoms. The monoisotopic (exact) mass is 249 g/mol. The molecule has 1 aromatic carbocycles. The van der Waals surface area contributed by atoms with Crippen LogP contribution in [0.2, 0.25) is 5.02 Å². The Morgan fingerprint density at radius 2 is 2.18 bits per heavy atom. The first-order valence-electron chi connectivity index (χ1n) is 5.26. The third-order valence-corrected chi connectivity index (χ3v) is 2.64. The van der Waals surface area contributed by atoms with Crippen molar-refractivity contribution in [1.29, 1.82) is 0 Å².